The molecule has 1 aromatic carbocycles. The fraction of sp³-hybridized carbons (Fsp3) is 0.350. The van der Waals surface area contributed by atoms with Gasteiger partial charge in [-0.3, -0.25) is 9.36 Å². The van der Waals surface area contributed by atoms with Gasteiger partial charge in [-0.15, -0.1) is 0 Å². The predicted molar refractivity (Wildman–Crippen MR) is 107 cm³/mol. The van der Waals surface area contributed by atoms with Gasteiger partial charge in [-0.1, -0.05) is 22.8 Å². The lowest BCUT2D eigenvalue weighted by Gasteiger charge is -2.19. The molecule has 4 fully saturated rings. The molecule has 2 bridgehead atoms. The summed E-state index contributed by atoms with van der Waals surface area (Å²) in [7, 11) is 1.75. The molecule has 8 rings (SSSR count). The quantitative estimate of drug-likeness (QED) is 0.478. The number of aryl methyl sites for hydroxylation is 1. The third kappa shape index (κ3) is 2.03. The van der Waals surface area contributed by atoms with Crippen molar-refractivity contribution in [3.63, 3.8) is 0 Å². The molecule has 2 aliphatic heterocycles. The first-order valence-electron chi connectivity index (χ1n) is 9.92. The molecule has 2 aliphatic carbocycles. The molecular formula is C20H15ClFN7O2. The van der Waals surface area contributed by atoms with Crippen molar-refractivity contribution in [2.24, 2.45) is 18.9 Å². The molecule has 2 saturated heterocycles. The van der Waals surface area contributed by atoms with Crippen LogP contribution in [0.25, 0.3) is 11.2 Å². The summed E-state index contributed by atoms with van der Waals surface area (Å²) in [5.74, 6) is 1.38. The average molecular weight is 440 g/mol. The Labute approximate surface area is 179 Å². The van der Waals surface area contributed by atoms with Crippen LogP contribution in [0.5, 0.6) is 0 Å². The Kier molecular flexibility index (Phi) is 3.09. The van der Waals surface area contributed by atoms with Crippen LogP contribution < -0.4 is 10.5 Å². The standard InChI is InChI=1S/C20H15ClFN7O2/c1-27-7-23-17-15(27)18(30)28(8-24-17)6-12-25-19(26-31-12)20-9-5-29(16(20)13(9)20)11-4-2-3-10(21)14(11)22/h2-4,7-9,13,16H,5-6H2,1H3/t9-,13-,16?,20+/m1/s1. The second kappa shape index (κ2) is 5.50. The molecule has 11 heteroatoms. The fourth-order valence-corrected chi connectivity index (χ4v) is 5.69. The summed E-state index contributed by atoms with van der Waals surface area (Å²) in [4.78, 5) is 27.7. The number of piperidine rings is 1. The van der Waals surface area contributed by atoms with Gasteiger partial charge in [0.25, 0.3) is 5.56 Å². The van der Waals surface area contributed by atoms with Gasteiger partial charge in [0.15, 0.2) is 22.8 Å². The molecule has 4 atom stereocenters. The molecule has 0 amide bonds. The van der Waals surface area contributed by atoms with Crippen LogP contribution in [0.4, 0.5) is 10.1 Å². The van der Waals surface area contributed by atoms with Crippen LogP contribution in [0.3, 0.4) is 0 Å². The highest BCUT2D eigenvalue weighted by molar-refractivity contribution is 6.31. The van der Waals surface area contributed by atoms with Gasteiger partial charge in [-0.25, -0.2) is 14.4 Å². The molecular weight excluding hydrogens is 425 g/mol. The number of aromatic nitrogens is 6. The third-order valence-electron chi connectivity index (χ3n) is 7.04. The maximum Gasteiger partial charge on any atom is 0.280 e. The van der Waals surface area contributed by atoms with E-state index in [1.165, 1.54) is 10.9 Å². The van der Waals surface area contributed by atoms with Crippen molar-refractivity contribution < 1.29 is 8.91 Å². The lowest BCUT2D eigenvalue weighted by molar-refractivity contribution is 0.362. The summed E-state index contributed by atoms with van der Waals surface area (Å²) in [6.45, 7) is 0.875. The van der Waals surface area contributed by atoms with E-state index >= 15 is 0 Å². The number of benzene rings is 1. The summed E-state index contributed by atoms with van der Waals surface area (Å²) < 4.78 is 23.0. The lowest BCUT2D eigenvalue weighted by Crippen LogP contribution is -2.24. The van der Waals surface area contributed by atoms with Crippen molar-refractivity contribution in [1.29, 1.82) is 0 Å². The maximum absolute atomic E-state index is 14.5. The number of hydrogen-bond donors (Lipinski definition) is 0. The summed E-state index contributed by atoms with van der Waals surface area (Å²) in [5, 5.41) is 4.33. The number of rotatable bonds is 4. The van der Waals surface area contributed by atoms with Crippen LogP contribution in [-0.4, -0.2) is 41.8 Å². The number of fused-ring (bicyclic) bond motifs is 2. The smallest absolute Gasteiger partial charge is 0.280 e. The van der Waals surface area contributed by atoms with E-state index in [0.29, 0.717) is 40.4 Å². The highest BCUT2D eigenvalue weighted by Gasteiger charge is 2.95. The van der Waals surface area contributed by atoms with Crippen molar-refractivity contribution in [3.05, 3.63) is 63.8 Å². The second-order valence-corrected chi connectivity index (χ2v) is 8.86. The molecule has 9 nitrogen and oxygen atoms in total. The van der Waals surface area contributed by atoms with Crippen LogP contribution >= 0.6 is 11.6 Å². The monoisotopic (exact) mass is 439 g/mol. The van der Waals surface area contributed by atoms with Gasteiger partial charge in [0.05, 0.1) is 22.5 Å². The van der Waals surface area contributed by atoms with Crippen LogP contribution in [0.2, 0.25) is 5.02 Å². The molecule has 3 aromatic heterocycles. The highest BCUT2D eigenvalue weighted by Crippen LogP contribution is 2.85. The zero-order valence-electron chi connectivity index (χ0n) is 16.2. The minimum Gasteiger partial charge on any atom is -0.364 e. The first-order chi connectivity index (χ1) is 15.0. The van der Waals surface area contributed by atoms with Gasteiger partial charge >= 0.3 is 0 Å². The summed E-state index contributed by atoms with van der Waals surface area (Å²) >= 11 is 5.96. The van der Waals surface area contributed by atoms with Gasteiger partial charge in [0.1, 0.15) is 12.9 Å². The molecule has 156 valence electrons. The average Bonchev–Trinajstić information content (AvgIpc) is 3.22. The van der Waals surface area contributed by atoms with Crippen molar-refractivity contribution in [2.75, 3.05) is 11.4 Å². The number of hydrogen-bond acceptors (Lipinski definition) is 7. The number of nitrogens with zero attached hydrogens (tertiary/aromatic N) is 7. The van der Waals surface area contributed by atoms with E-state index in [0.717, 1.165) is 6.54 Å². The van der Waals surface area contributed by atoms with E-state index in [-0.39, 0.29) is 28.6 Å². The normalized spacial score (nSPS) is 27.7. The van der Waals surface area contributed by atoms with Crippen LogP contribution in [-0.2, 0) is 19.0 Å². The largest absolute Gasteiger partial charge is 0.364 e. The predicted octanol–water partition coefficient (Wildman–Crippen LogP) is 1.74. The summed E-state index contributed by atoms with van der Waals surface area (Å²) in [6.07, 6.45) is 2.99. The molecule has 0 radical (unpaired) electrons. The van der Waals surface area contributed by atoms with E-state index in [1.54, 1.807) is 36.1 Å². The molecule has 0 N–H and O–H groups in total. The Morgan fingerprint density at radius 2 is 2.16 bits per heavy atom. The molecule has 31 heavy (non-hydrogen) atoms. The van der Waals surface area contributed by atoms with E-state index in [2.05, 4.69) is 25.0 Å². The SMILES string of the molecule is Cn1cnc2ncn(Cc3nc([C@]45C6[C@H]4[C@H]5CN6c4cccc(Cl)c4F)no3)c(=O)c21. The molecule has 0 spiro atoms. The first kappa shape index (κ1) is 17.4. The summed E-state index contributed by atoms with van der Waals surface area (Å²) in [5.41, 5.74) is 0.947. The van der Waals surface area contributed by atoms with Crippen molar-refractivity contribution in [1.82, 2.24) is 29.2 Å². The molecule has 2 saturated carbocycles. The summed E-state index contributed by atoms with van der Waals surface area (Å²) in [6, 6.07) is 5.22. The molecule has 4 aromatic rings. The maximum atomic E-state index is 14.5. The Bertz CT molecular complexity index is 1460. The van der Waals surface area contributed by atoms with E-state index in [1.807, 2.05) is 0 Å². The number of halogens is 2. The van der Waals surface area contributed by atoms with E-state index < -0.39 is 5.82 Å². The Hall–Kier alpha value is -3.27. The number of anilines is 1. The third-order valence-corrected chi connectivity index (χ3v) is 7.33. The Morgan fingerprint density at radius 3 is 3.00 bits per heavy atom. The van der Waals surface area contributed by atoms with Gasteiger partial charge in [-0.05, 0) is 18.1 Å². The minimum atomic E-state index is -0.391. The zero-order valence-corrected chi connectivity index (χ0v) is 17.0. The molecule has 5 heterocycles. The topological polar surface area (TPSA) is 94.9 Å². The molecule has 1 unspecified atom stereocenters. The van der Waals surface area contributed by atoms with Gasteiger partial charge in [0, 0.05) is 25.6 Å². The van der Waals surface area contributed by atoms with E-state index in [4.69, 9.17) is 16.1 Å². The Morgan fingerprint density at radius 1 is 1.32 bits per heavy atom. The van der Waals surface area contributed by atoms with Crippen LogP contribution in [0, 0.1) is 17.7 Å². The fourth-order valence-electron chi connectivity index (χ4n) is 5.52. The Balaban J connectivity index is 1.17. The number of imidazole rings is 1. The van der Waals surface area contributed by atoms with Gasteiger partial charge < -0.3 is 14.0 Å². The van der Waals surface area contributed by atoms with Gasteiger partial charge in [-0.2, -0.15) is 4.98 Å². The van der Waals surface area contributed by atoms with E-state index in [9.17, 15) is 9.18 Å². The van der Waals surface area contributed by atoms with Crippen molar-refractivity contribution in [2.45, 2.75) is 18.0 Å². The second-order valence-electron chi connectivity index (χ2n) is 8.45. The minimum absolute atomic E-state index is 0.122. The first-order valence-corrected chi connectivity index (χ1v) is 10.3. The van der Waals surface area contributed by atoms with Crippen molar-refractivity contribution >= 4 is 28.5 Å². The van der Waals surface area contributed by atoms with Crippen LogP contribution in [0.15, 0.2) is 40.2 Å². The van der Waals surface area contributed by atoms with Crippen LogP contribution in [0.1, 0.15) is 11.7 Å². The lowest BCUT2D eigenvalue weighted by atomic mass is 10.1. The zero-order chi connectivity index (χ0) is 21.1. The van der Waals surface area contributed by atoms with Crippen molar-refractivity contribution in [3.8, 4) is 0 Å². The van der Waals surface area contributed by atoms with Gasteiger partial charge in [0.2, 0.25) is 5.89 Å². The highest BCUT2D eigenvalue weighted by atomic mass is 35.5. The molecule has 4 aliphatic rings.